The molecule has 0 N–H and O–H groups in total. The van der Waals surface area contributed by atoms with E-state index < -0.39 is 5.82 Å². The Bertz CT molecular complexity index is 998. The van der Waals surface area contributed by atoms with Crippen LogP contribution in [-0.2, 0) is 24.7 Å². The van der Waals surface area contributed by atoms with E-state index in [9.17, 15) is 9.18 Å². The van der Waals surface area contributed by atoms with Gasteiger partial charge in [-0.15, -0.1) is 0 Å². The summed E-state index contributed by atoms with van der Waals surface area (Å²) < 4.78 is 15.0. The van der Waals surface area contributed by atoms with Crippen molar-refractivity contribution in [3.63, 3.8) is 0 Å². The number of carbonyl (C=O) groups excluding carboxylic acids is 1. The normalized spacial score (nSPS) is 13.1. The van der Waals surface area contributed by atoms with Crippen molar-refractivity contribution in [3.8, 4) is 11.3 Å². The lowest BCUT2D eigenvalue weighted by atomic mass is 10.1. The maximum Gasteiger partial charge on any atom is 0.231 e. The van der Waals surface area contributed by atoms with Crippen LogP contribution in [0.4, 0.5) is 10.1 Å². The summed E-state index contributed by atoms with van der Waals surface area (Å²) in [4.78, 5) is 14.5. The Balaban J connectivity index is 1.55. The van der Waals surface area contributed by atoms with Gasteiger partial charge in [0.1, 0.15) is 5.82 Å². The monoisotopic (exact) mass is 369 g/mol. The largest absolute Gasteiger partial charge is 0.312 e. The molecule has 2 heterocycles. The Morgan fingerprint density at radius 3 is 2.81 bits per heavy atom. The van der Waals surface area contributed by atoms with Gasteiger partial charge in [-0.25, -0.2) is 4.39 Å². The molecule has 6 heteroatoms. The van der Waals surface area contributed by atoms with Crippen molar-refractivity contribution in [2.24, 2.45) is 7.05 Å². The SMILES string of the molecule is Cn1ccc(-c2ccc3c(c2)CCN3C(=O)Cc2ccc(F)c(Cl)c2)n1. The van der Waals surface area contributed by atoms with Crippen molar-refractivity contribution in [1.29, 1.82) is 0 Å². The van der Waals surface area contributed by atoms with Gasteiger partial charge in [-0.2, -0.15) is 5.10 Å². The van der Waals surface area contributed by atoms with Gasteiger partial charge in [0.05, 0.1) is 17.1 Å². The zero-order valence-corrected chi connectivity index (χ0v) is 15.0. The van der Waals surface area contributed by atoms with Crippen LogP contribution >= 0.6 is 11.6 Å². The summed E-state index contributed by atoms with van der Waals surface area (Å²) in [6.07, 6.45) is 2.92. The van der Waals surface area contributed by atoms with E-state index in [1.165, 1.54) is 12.1 Å². The molecule has 0 spiro atoms. The van der Waals surface area contributed by atoms with Crippen molar-refractivity contribution in [1.82, 2.24) is 9.78 Å². The molecule has 0 aliphatic carbocycles. The first-order valence-corrected chi connectivity index (χ1v) is 8.76. The van der Waals surface area contributed by atoms with Crippen LogP contribution in [0.1, 0.15) is 11.1 Å². The summed E-state index contributed by atoms with van der Waals surface area (Å²) in [6.45, 7) is 0.648. The minimum atomic E-state index is -0.476. The zero-order chi connectivity index (χ0) is 18.3. The minimum absolute atomic E-state index is 0.0167. The average Bonchev–Trinajstić information content (AvgIpc) is 3.23. The van der Waals surface area contributed by atoms with Gasteiger partial charge in [-0.3, -0.25) is 9.48 Å². The molecule has 0 radical (unpaired) electrons. The van der Waals surface area contributed by atoms with Crippen molar-refractivity contribution in [2.45, 2.75) is 12.8 Å². The molecule has 26 heavy (non-hydrogen) atoms. The van der Waals surface area contributed by atoms with Crippen LogP contribution in [0.5, 0.6) is 0 Å². The molecule has 0 bridgehead atoms. The summed E-state index contributed by atoms with van der Waals surface area (Å²) in [5.41, 5.74) is 4.74. The molecule has 0 atom stereocenters. The number of fused-ring (bicyclic) bond motifs is 1. The maximum absolute atomic E-state index is 13.3. The highest BCUT2D eigenvalue weighted by atomic mass is 35.5. The summed E-state index contributed by atoms with van der Waals surface area (Å²) in [5, 5.41) is 4.46. The van der Waals surface area contributed by atoms with Gasteiger partial charge in [-0.1, -0.05) is 23.7 Å². The first kappa shape index (κ1) is 16.8. The third kappa shape index (κ3) is 3.10. The zero-order valence-electron chi connectivity index (χ0n) is 14.2. The number of halogens is 2. The fourth-order valence-electron chi connectivity index (χ4n) is 3.31. The fourth-order valence-corrected chi connectivity index (χ4v) is 3.51. The number of amides is 1. The van der Waals surface area contributed by atoms with E-state index in [0.29, 0.717) is 12.1 Å². The first-order valence-electron chi connectivity index (χ1n) is 8.38. The van der Waals surface area contributed by atoms with Crippen molar-refractivity contribution < 1.29 is 9.18 Å². The molecule has 0 unspecified atom stereocenters. The third-order valence-corrected chi connectivity index (χ3v) is 4.91. The van der Waals surface area contributed by atoms with E-state index in [4.69, 9.17) is 11.6 Å². The van der Waals surface area contributed by atoms with Gasteiger partial charge < -0.3 is 4.90 Å². The average molecular weight is 370 g/mol. The Labute approximate surface area is 155 Å². The van der Waals surface area contributed by atoms with E-state index in [2.05, 4.69) is 11.2 Å². The first-order chi connectivity index (χ1) is 12.5. The van der Waals surface area contributed by atoms with Gasteiger partial charge in [0.25, 0.3) is 0 Å². The number of rotatable bonds is 3. The summed E-state index contributed by atoms with van der Waals surface area (Å²) in [6, 6.07) is 12.4. The minimum Gasteiger partial charge on any atom is -0.312 e. The number of carbonyl (C=O) groups is 1. The second-order valence-corrected chi connectivity index (χ2v) is 6.85. The molecular weight excluding hydrogens is 353 g/mol. The molecule has 132 valence electrons. The highest BCUT2D eigenvalue weighted by Gasteiger charge is 2.25. The van der Waals surface area contributed by atoms with Gasteiger partial charge in [0.15, 0.2) is 0 Å². The lowest BCUT2D eigenvalue weighted by molar-refractivity contribution is -0.117. The number of hydrogen-bond acceptors (Lipinski definition) is 2. The lowest BCUT2D eigenvalue weighted by Crippen LogP contribution is -2.30. The molecule has 3 aromatic rings. The Morgan fingerprint density at radius 2 is 2.08 bits per heavy atom. The van der Waals surface area contributed by atoms with Crippen LogP contribution in [-0.4, -0.2) is 22.2 Å². The standard InChI is InChI=1S/C20H17ClFN3O/c1-24-8-7-18(23-24)14-3-5-19-15(12-14)6-9-25(19)20(26)11-13-2-4-17(22)16(21)10-13/h2-5,7-8,10,12H,6,9,11H2,1H3. The molecule has 2 aromatic carbocycles. The fraction of sp³-hybridized carbons (Fsp3) is 0.200. The van der Waals surface area contributed by atoms with E-state index in [1.807, 2.05) is 31.4 Å². The Hall–Kier alpha value is -2.66. The van der Waals surface area contributed by atoms with E-state index in [-0.39, 0.29) is 17.4 Å². The van der Waals surface area contributed by atoms with Crippen LogP contribution in [0.15, 0.2) is 48.7 Å². The van der Waals surface area contributed by atoms with Gasteiger partial charge in [-0.05, 0) is 47.9 Å². The molecule has 0 saturated heterocycles. The third-order valence-electron chi connectivity index (χ3n) is 4.62. The molecule has 0 fully saturated rings. The number of hydrogen-bond donors (Lipinski definition) is 0. The molecule has 4 rings (SSSR count). The number of benzene rings is 2. The van der Waals surface area contributed by atoms with Crippen LogP contribution in [0.3, 0.4) is 0 Å². The predicted octanol–water partition coefficient (Wildman–Crippen LogP) is 4.01. The van der Waals surface area contributed by atoms with Gasteiger partial charge >= 0.3 is 0 Å². The topological polar surface area (TPSA) is 38.1 Å². The molecule has 1 aliphatic rings. The van der Waals surface area contributed by atoms with E-state index in [1.54, 1.807) is 15.6 Å². The Morgan fingerprint density at radius 1 is 1.23 bits per heavy atom. The number of aryl methyl sites for hydroxylation is 1. The van der Waals surface area contributed by atoms with Crippen LogP contribution in [0, 0.1) is 5.82 Å². The molecule has 1 amide bonds. The number of anilines is 1. The second-order valence-electron chi connectivity index (χ2n) is 6.44. The summed E-state index contributed by atoms with van der Waals surface area (Å²) >= 11 is 5.81. The molecule has 4 nitrogen and oxygen atoms in total. The van der Waals surface area contributed by atoms with Crippen LogP contribution in [0.2, 0.25) is 5.02 Å². The maximum atomic E-state index is 13.3. The van der Waals surface area contributed by atoms with Gasteiger partial charge in [0.2, 0.25) is 5.91 Å². The molecule has 1 aliphatic heterocycles. The van der Waals surface area contributed by atoms with Crippen LogP contribution in [0.25, 0.3) is 11.3 Å². The molecule has 0 saturated carbocycles. The second kappa shape index (κ2) is 6.57. The molecule has 1 aromatic heterocycles. The highest BCUT2D eigenvalue weighted by Crippen LogP contribution is 2.32. The van der Waals surface area contributed by atoms with Crippen molar-refractivity contribution in [3.05, 3.63) is 70.6 Å². The summed E-state index contributed by atoms with van der Waals surface area (Å²) in [7, 11) is 1.89. The highest BCUT2D eigenvalue weighted by molar-refractivity contribution is 6.30. The smallest absolute Gasteiger partial charge is 0.231 e. The summed E-state index contributed by atoms with van der Waals surface area (Å²) in [5.74, 6) is -0.492. The van der Waals surface area contributed by atoms with E-state index in [0.717, 1.165) is 28.9 Å². The van der Waals surface area contributed by atoms with Gasteiger partial charge in [0, 0.05) is 31.0 Å². The number of nitrogens with zero attached hydrogens (tertiary/aromatic N) is 3. The quantitative estimate of drug-likeness (QED) is 0.699. The van der Waals surface area contributed by atoms with E-state index >= 15 is 0 Å². The lowest BCUT2D eigenvalue weighted by Gasteiger charge is -2.17. The van der Waals surface area contributed by atoms with Crippen LogP contribution < -0.4 is 4.90 Å². The molecular formula is C20H17ClFN3O. The van der Waals surface area contributed by atoms with Crippen molar-refractivity contribution >= 4 is 23.2 Å². The number of aromatic nitrogens is 2. The predicted molar refractivity (Wildman–Crippen MR) is 99.8 cm³/mol. The van der Waals surface area contributed by atoms with Crippen molar-refractivity contribution in [2.75, 3.05) is 11.4 Å². The Kier molecular flexibility index (Phi) is 4.24.